The second-order valence-electron chi connectivity index (χ2n) is 5.80. The van der Waals surface area contributed by atoms with Gasteiger partial charge in [-0.25, -0.2) is 0 Å². The number of ether oxygens (including phenoxy) is 2. The molecule has 130 valence electrons. The Morgan fingerprint density at radius 2 is 2.04 bits per heavy atom. The number of anilines is 1. The molecule has 0 fully saturated rings. The Bertz CT molecular complexity index is 790. The number of benzene rings is 2. The maximum atomic E-state index is 12.7. The van der Waals surface area contributed by atoms with E-state index in [-0.39, 0.29) is 25.0 Å². The van der Waals surface area contributed by atoms with E-state index in [4.69, 9.17) is 9.47 Å². The predicted octanol–water partition coefficient (Wildman–Crippen LogP) is 1.91. The maximum absolute atomic E-state index is 12.7. The third-order valence-corrected chi connectivity index (χ3v) is 3.97. The number of hydrogen-bond donors (Lipinski definition) is 1. The number of carbonyl (C=O) groups excluding carboxylic acids is 2. The van der Waals surface area contributed by atoms with Gasteiger partial charge in [0.1, 0.15) is 11.5 Å². The van der Waals surface area contributed by atoms with Crippen molar-refractivity contribution in [3.8, 4) is 11.5 Å². The molecule has 2 aromatic carbocycles. The number of fused-ring (bicyclic) bond motifs is 1. The number of amides is 2. The molecule has 0 radical (unpaired) electrons. The average molecular weight is 340 g/mol. The van der Waals surface area contributed by atoms with Crippen LogP contribution in [-0.4, -0.2) is 38.1 Å². The molecule has 1 heterocycles. The number of aryl methyl sites for hydroxylation is 1. The molecular weight excluding hydrogens is 320 g/mol. The van der Waals surface area contributed by atoms with Gasteiger partial charge < -0.3 is 19.7 Å². The lowest BCUT2D eigenvalue weighted by molar-refractivity contribution is -0.128. The van der Waals surface area contributed by atoms with Crippen LogP contribution in [0.2, 0.25) is 0 Å². The van der Waals surface area contributed by atoms with Crippen molar-refractivity contribution in [3.05, 3.63) is 54.1 Å². The SMILES string of the molecule is CNC(=O)C1CN(C(=O)COc2cccc(C)c2)c2ccccc2O1. The van der Waals surface area contributed by atoms with E-state index in [0.717, 1.165) is 5.56 Å². The summed E-state index contributed by atoms with van der Waals surface area (Å²) in [6.45, 7) is 1.99. The summed E-state index contributed by atoms with van der Waals surface area (Å²) in [7, 11) is 1.54. The van der Waals surface area contributed by atoms with E-state index in [0.29, 0.717) is 17.2 Å². The van der Waals surface area contributed by atoms with Gasteiger partial charge in [-0.15, -0.1) is 0 Å². The number of likely N-dealkylation sites (N-methyl/N-ethyl adjacent to an activating group) is 1. The fourth-order valence-corrected chi connectivity index (χ4v) is 2.70. The second-order valence-corrected chi connectivity index (χ2v) is 5.80. The van der Waals surface area contributed by atoms with E-state index in [9.17, 15) is 9.59 Å². The first-order valence-corrected chi connectivity index (χ1v) is 8.05. The minimum absolute atomic E-state index is 0.113. The molecule has 1 atom stereocenters. The van der Waals surface area contributed by atoms with Crippen LogP contribution in [0.25, 0.3) is 0 Å². The third-order valence-electron chi connectivity index (χ3n) is 3.97. The highest BCUT2D eigenvalue weighted by molar-refractivity contribution is 5.98. The van der Waals surface area contributed by atoms with Gasteiger partial charge in [-0.3, -0.25) is 9.59 Å². The van der Waals surface area contributed by atoms with Crippen molar-refractivity contribution in [1.82, 2.24) is 5.32 Å². The zero-order valence-electron chi connectivity index (χ0n) is 14.2. The summed E-state index contributed by atoms with van der Waals surface area (Å²) in [6.07, 6.45) is -0.747. The van der Waals surface area contributed by atoms with Crippen molar-refractivity contribution in [2.45, 2.75) is 13.0 Å². The first-order valence-electron chi connectivity index (χ1n) is 8.05. The molecule has 2 aromatic rings. The summed E-state index contributed by atoms with van der Waals surface area (Å²) in [4.78, 5) is 26.2. The van der Waals surface area contributed by atoms with Crippen LogP contribution >= 0.6 is 0 Å². The summed E-state index contributed by atoms with van der Waals surface area (Å²) in [5.74, 6) is 0.641. The second kappa shape index (κ2) is 7.25. The van der Waals surface area contributed by atoms with Crippen LogP contribution in [0.3, 0.4) is 0 Å². The van der Waals surface area contributed by atoms with Crippen LogP contribution in [-0.2, 0) is 9.59 Å². The number of nitrogens with one attached hydrogen (secondary N) is 1. The van der Waals surface area contributed by atoms with Crippen LogP contribution in [0, 0.1) is 6.92 Å². The van der Waals surface area contributed by atoms with Gasteiger partial charge in [0.05, 0.1) is 12.2 Å². The lowest BCUT2D eigenvalue weighted by Crippen LogP contribution is -2.51. The molecule has 0 aromatic heterocycles. The lowest BCUT2D eigenvalue weighted by atomic mass is 10.1. The average Bonchev–Trinajstić information content (AvgIpc) is 2.64. The lowest BCUT2D eigenvalue weighted by Gasteiger charge is -2.33. The van der Waals surface area contributed by atoms with Crippen LogP contribution < -0.4 is 19.7 Å². The Morgan fingerprint density at radius 1 is 1.24 bits per heavy atom. The Balaban J connectivity index is 1.77. The Morgan fingerprint density at radius 3 is 2.80 bits per heavy atom. The van der Waals surface area contributed by atoms with Gasteiger partial charge in [0.2, 0.25) is 0 Å². The molecule has 0 spiro atoms. The molecule has 0 saturated heterocycles. The standard InChI is InChI=1S/C19H20N2O4/c1-13-6-5-7-14(10-13)24-12-18(22)21-11-17(19(23)20-2)25-16-9-4-3-8-15(16)21/h3-10,17H,11-12H2,1-2H3,(H,20,23). The van der Waals surface area contributed by atoms with E-state index >= 15 is 0 Å². The van der Waals surface area contributed by atoms with Gasteiger partial charge in [-0.2, -0.15) is 0 Å². The molecule has 1 N–H and O–H groups in total. The van der Waals surface area contributed by atoms with Gasteiger partial charge in [0.25, 0.3) is 11.8 Å². The maximum Gasteiger partial charge on any atom is 0.265 e. The molecule has 0 aliphatic carbocycles. The van der Waals surface area contributed by atoms with Gasteiger partial charge in [-0.1, -0.05) is 24.3 Å². The first-order chi connectivity index (χ1) is 12.1. The summed E-state index contributed by atoms with van der Waals surface area (Å²) in [5.41, 5.74) is 1.70. The number of carbonyl (C=O) groups is 2. The Labute approximate surface area is 146 Å². The number of para-hydroxylation sites is 2. The summed E-state index contributed by atoms with van der Waals surface area (Å²) < 4.78 is 11.3. The Hall–Kier alpha value is -3.02. The predicted molar refractivity (Wildman–Crippen MR) is 94.0 cm³/mol. The van der Waals surface area contributed by atoms with Crippen molar-refractivity contribution in [2.75, 3.05) is 25.1 Å². The summed E-state index contributed by atoms with van der Waals surface area (Å²) >= 11 is 0. The van der Waals surface area contributed by atoms with Crippen LogP contribution in [0.1, 0.15) is 5.56 Å². The minimum Gasteiger partial charge on any atom is -0.484 e. The third kappa shape index (κ3) is 3.74. The molecule has 0 saturated carbocycles. The molecule has 2 amide bonds. The van der Waals surface area contributed by atoms with E-state index in [1.807, 2.05) is 31.2 Å². The van der Waals surface area contributed by atoms with Gasteiger partial charge in [-0.05, 0) is 36.8 Å². The summed E-state index contributed by atoms with van der Waals surface area (Å²) in [6, 6.07) is 14.7. The first kappa shape index (κ1) is 16.8. The topological polar surface area (TPSA) is 67.9 Å². The van der Waals surface area contributed by atoms with Crippen molar-refractivity contribution in [3.63, 3.8) is 0 Å². The molecule has 0 bridgehead atoms. The largest absolute Gasteiger partial charge is 0.484 e. The van der Waals surface area contributed by atoms with Gasteiger partial charge in [0.15, 0.2) is 12.7 Å². The molecule has 25 heavy (non-hydrogen) atoms. The molecule has 6 nitrogen and oxygen atoms in total. The van der Waals surface area contributed by atoms with Crippen LogP contribution in [0.5, 0.6) is 11.5 Å². The smallest absolute Gasteiger partial charge is 0.265 e. The van der Waals surface area contributed by atoms with E-state index in [2.05, 4.69) is 5.32 Å². The highest BCUT2D eigenvalue weighted by Crippen LogP contribution is 2.33. The number of nitrogens with zero attached hydrogens (tertiary/aromatic N) is 1. The minimum atomic E-state index is -0.747. The van der Waals surface area contributed by atoms with Crippen molar-refractivity contribution in [2.24, 2.45) is 0 Å². The van der Waals surface area contributed by atoms with Crippen molar-refractivity contribution >= 4 is 17.5 Å². The number of hydrogen-bond acceptors (Lipinski definition) is 4. The van der Waals surface area contributed by atoms with E-state index in [1.165, 1.54) is 4.90 Å². The van der Waals surface area contributed by atoms with Gasteiger partial charge >= 0.3 is 0 Å². The zero-order valence-corrected chi connectivity index (χ0v) is 14.2. The monoisotopic (exact) mass is 340 g/mol. The van der Waals surface area contributed by atoms with E-state index < -0.39 is 6.10 Å². The quantitative estimate of drug-likeness (QED) is 0.923. The molecule has 1 aliphatic heterocycles. The van der Waals surface area contributed by atoms with Crippen LogP contribution in [0.4, 0.5) is 5.69 Å². The van der Waals surface area contributed by atoms with Gasteiger partial charge in [0, 0.05) is 7.05 Å². The number of rotatable bonds is 4. The van der Waals surface area contributed by atoms with Crippen molar-refractivity contribution in [1.29, 1.82) is 0 Å². The Kier molecular flexibility index (Phi) is 4.88. The fraction of sp³-hybridized carbons (Fsp3) is 0.263. The highest BCUT2D eigenvalue weighted by Gasteiger charge is 2.33. The molecular formula is C19H20N2O4. The fourth-order valence-electron chi connectivity index (χ4n) is 2.70. The molecule has 6 heteroatoms. The molecule has 3 rings (SSSR count). The zero-order chi connectivity index (χ0) is 17.8. The van der Waals surface area contributed by atoms with E-state index in [1.54, 1.807) is 31.3 Å². The van der Waals surface area contributed by atoms with Crippen molar-refractivity contribution < 1.29 is 19.1 Å². The highest BCUT2D eigenvalue weighted by atomic mass is 16.5. The molecule has 1 unspecified atom stereocenters. The molecule has 1 aliphatic rings. The summed E-state index contributed by atoms with van der Waals surface area (Å²) in [5, 5.41) is 2.56. The normalized spacial score (nSPS) is 15.8. The van der Waals surface area contributed by atoms with Crippen LogP contribution in [0.15, 0.2) is 48.5 Å².